The van der Waals surface area contributed by atoms with Crippen molar-refractivity contribution in [2.45, 2.75) is 211 Å². The number of benzene rings is 2. The van der Waals surface area contributed by atoms with E-state index in [1.165, 1.54) is 26.0 Å². The molecule has 2 unspecified atom stereocenters. The molecule has 0 radical (unpaired) electrons. The van der Waals surface area contributed by atoms with Gasteiger partial charge in [0.1, 0.15) is 24.9 Å². The molecule has 14 atom stereocenters. The molecular weight excluding hydrogens is 1750 g/mol. The lowest BCUT2D eigenvalue weighted by Gasteiger charge is -2.63. The van der Waals surface area contributed by atoms with Gasteiger partial charge in [-0.2, -0.15) is 0 Å². The van der Waals surface area contributed by atoms with E-state index < -0.39 is 138 Å². The molecule has 3 aliphatic heterocycles. The molecule has 6 amide bonds. The van der Waals surface area contributed by atoms with Crippen molar-refractivity contribution in [1.82, 2.24) is 53.3 Å². The van der Waals surface area contributed by atoms with Gasteiger partial charge in [-0.1, -0.05) is 102 Å². The standard InChI is InChI=1S/C93H141F2N12O25P/c1-8-18-83-131-78-56-67-68-55-70(94)69-54-64(108)28-30-90(69,5)92(68,95)76(110)57-91(67,6)93(78,132-83)77(111)58-100-88(116)62(4)53-74(109)84(61(2)3)102-89(117)71(22-16-17-31-98-81(114)60-130-75-25-11-9-10-24-73-87(75)104-105-107(73)33-36-123-39-42-126-45-46-127-47-48-128-49-50-129-51-52-133(118,119)120)101-80(113)29-34-121-37-40-124-43-44-125-41-38-122-35-32-99-79(112)26-27-82(115)106-59-63-19-12-13-20-65(63)85(97-7)86(103-96)66-21-14-15-23-72(66)106/h12-15,19-21,23,28,30,54,61-62,67-68,70-71,75-76,78,83-84,97,103-105,110H,8-11,16-18,22,24-27,29,31-53,55-60,96H2,1-7H3,(H,98,114)(H,99,112)(H,100,116)(H,101,113)(H,102,117)(H2,118,119,120)/b86-85-/t62-,67+,68+,70+,71-,75?,76+,78-,83?,84+,90+,91+,92+,93-/m1/s1. The Labute approximate surface area is 777 Å². The average molecular weight is 1900 g/mol. The minimum atomic E-state index is -4.09. The number of ether oxygens (including phenoxy) is 12. The Morgan fingerprint density at radius 1 is 0.707 bits per heavy atom. The van der Waals surface area contributed by atoms with E-state index in [-0.39, 0.29) is 180 Å². The summed E-state index contributed by atoms with van der Waals surface area (Å²) in [5, 5.41) is 31.5. The number of nitrogens with zero attached hydrogens (tertiary/aromatic N) is 2. The third-order valence-electron chi connectivity index (χ3n) is 26.2. The van der Waals surface area contributed by atoms with Crippen molar-refractivity contribution in [2.75, 3.05) is 170 Å². The highest BCUT2D eigenvalue weighted by Gasteiger charge is 2.80. The lowest BCUT2D eigenvalue weighted by atomic mass is 9.44. The van der Waals surface area contributed by atoms with Gasteiger partial charge in [0, 0.05) is 79.6 Å². The van der Waals surface area contributed by atoms with Crippen LogP contribution in [0.3, 0.4) is 0 Å². The number of hydrazine groups is 3. The van der Waals surface area contributed by atoms with Crippen molar-refractivity contribution in [3.8, 4) is 0 Å². The second kappa shape index (κ2) is 52.4. The summed E-state index contributed by atoms with van der Waals surface area (Å²) >= 11 is 0. The van der Waals surface area contributed by atoms with Crippen LogP contribution in [0, 0.1) is 34.5 Å². The number of hydrogen-bond donors (Lipinski definition) is 13. The predicted octanol–water partition coefficient (Wildman–Crippen LogP) is 4.94. The molecule has 3 heterocycles. The maximum absolute atomic E-state index is 18.2. The first-order valence-corrected chi connectivity index (χ1v) is 48.7. The molecule has 1 saturated heterocycles. The minimum absolute atomic E-state index is 0.0280. The topological polar surface area (TPSA) is 483 Å². The summed E-state index contributed by atoms with van der Waals surface area (Å²) in [7, 11) is -2.27. The van der Waals surface area contributed by atoms with Crippen molar-refractivity contribution >= 4 is 77.5 Å². The fraction of sp³-hybridized carbons (Fsp3) is 0.688. The van der Waals surface area contributed by atoms with Crippen molar-refractivity contribution in [3.05, 3.63) is 100 Å². The van der Waals surface area contributed by atoms with E-state index >= 15 is 13.6 Å². The maximum atomic E-state index is 18.2. The van der Waals surface area contributed by atoms with Crippen molar-refractivity contribution in [1.29, 1.82) is 0 Å². The van der Waals surface area contributed by atoms with Gasteiger partial charge in [-0.3, -0.25) is 58.6 Å². The van der Waals surface area contributed by atoms with Gasteiger partial charge >= 0.3 is 7.60 Å². The van der Waals surface area contributed by atoms with Crippen LogP contribution < -0.4 is 59.0 Å². The van der Waals surface area contributed by atoms with Crippen molar-refractivity contribution < 1.29 is 128 Å². The number of aliphatic hydroxyl groups is 1. The molecule has 40 heteroatoms. The summed E-state index contributed by atoms with van der Waals surface area (Å²) in [5.41, 5.74) is 8.55. The Hall–Kier alpha value is -8.16. The van der Waals surface area contributed by atoms with E-state index in [0.29, 0.717) is 96.3 Å². The molecule has 14 N–H and O–H groups in total. The molecule has 133 heavy (non-hydrogen) atoms. The fourth-order valence-electron chi connectivity index (χ4n) is 19.4. The van der Waals surface area contributed by atoms with Crippen LogP contribution in [0.4, 0.5) is 14.5 Å². The number of halogens is 2. The summed E-state index contributed by atoms with van der Waals surface area (Å²) < 4.78 is 115. The minimum Gasteiger partial charge on any atom is -0.390 e. The number of unbranched alkanes of at least 4 members (excludes halogenated alkanes) is 1. The summed E-state index contributed by atoms with van der Waals surface area (Å²) in [6.45, 7) is 15.0. The van der Waals surface area contributed by atoms with Gasteiger partial charge in [-0.05, 0) is 112 Å². The Morgan fingerprint density at radius 3 is 1.99 bits per heavy atom. The predicted molar refractivity (Wildman–Crippen MR) is 485 cm³/mol. The number of allylic oxidation sites excluding steroid dienone is 5. The van der Waals surface area contributed by atoms with Crippen LogP contribution in [0.2, 0.25) is 0 Å². The smallest absolute Gasteiger partial charge is 0.327 e. The number of nitrogens with two attached hydrogens (primary N) is 1. The van der Waals surface area contributed by atoms with Gasteiger partial charge in [-0.15, -0.1) is 5.53 Å². The first-order valence-electron chi connectivity index (χ1n) is 46.9. The second-order valence-corrected chi connectivity index (χ2v) is 37.4. The fourth-order valence-corrected chi connectivity index (χ4v) is 19.8. The molecule has 742 valence electrons. The van der Waals surface area contributed by atoms with Gasteiger partial charge in [0.15, 0.2) is 34.9 Å². The number of Topliss-reactive ketones (excluding diaryl/α,β-unsaturated/α-hetero) is 2. The number of amides is 6. The van der Waals surface area contributed by atoms with Crippen LogP contribution in [0.5, 0.6) is 0 Å². The second-order valence-electron chi connectivity index (χ2n) is 35.6. The van der Waals surface area contributed by atoms with E-state index in [1.54, 1.807) is 25.7 Å². The van der Waals surface area contributed by atoms with Crippen LogP contribution in [0.15, 0.2) is 83.7 Å². The monoisotopic (exact) mass is 1890 g/mol. The molecule has 0 spiro atoms. The number of anilines is 1. The summed E-state index contributed by atoms with van der Waals surface area (Å²) in [4.78, 5) is 144. The molecule has 5 aliphatic carbocycles. The number of fused-ring (bicyclic) bond motifs is 9. The number of carbonyl (C=O) groups is 9. The summed E-state index contributed by atoms with van der Waals surface area (Å²) in [6, 6.07) is 12.9. The molecule has 2 aromatic rings. The molecule has 37 nitrogen and oxygen atoms in total. The molecule has 4 fully saturated rings. The van der Waals surface area contributed by atoms with Crippen LogP contribution in [0.25, 0.3) is 11.4 Å². The van der Waals surface area contributed by atoms with Crippen LogP contribution >= 0.6 is 7.60 Å². The van der Waals surface area contributed by atoms with Gasteiger partial charge in [0.05, 0.1) is 191 Å². The zero-order valence-corrected chi connectivity index (χ0v) is 78.8. The highest BCUT2D eigenvalue weighted by Crippen LogP contribution is 2.72. The number of carbonyl (C=O) groups excluding carboxylic acids is 9. The molecule has 8 aliphatic rings. The lowest BCUT2D eigenvalue weighted by molar-refractivity contribution is -0.234. The third kappa shape index (κ3) is 28.5. The van der Waals surface area contributed by atoms with E-state index in [0.717, 1.165) is 65.5 Å². The van der Waals surface area contributed by atoms with E-state index in [1.807, 2.05) is 67.5 Å². The Bertz CT molecular complexity index is 4390. The highest BCUT2D eigenvalue weighted by molar-refractivity contribution is 7.51. The van der Waals surface area contributed by atoms with Gasteiger partial charge < -0.3 is 119 Å². The average Bonchev–Trinajstić information content (AvgIpc) is 1.52. The first kappa shape index (κ1) is 107. The number of aliphatic hydroxyl groups excluding tert-OH is 1. The lowest BCUT2D eigenvalue weighted by Crippen LogP contribution is -2.71. The number of hydrogen-bond acceptors (Lipinski definition) is 29. The number of rotatable bonds is 59. The van der Waals surface area contributed by atoms with Crippen molar-refractivity contribution in [3.63, 3.8) is 0 Å². The Balaban J connectivity index is 0.651. The summed E-state index contributed by atoms with van der Waals surface area (Å²) in [6.07, 6.45) is 2.68. The van der Waals surface area contributed by atoms with Gasteiger partial charge in [0.25, 0.3) is 0 Å². The normalized spacial score (nSPS) is 25.4. The molecule has 0 bridgehead atoms. The zero-order valence-electron chi connectivity index (χ0n) is 77.9. The largest absolute Gasteiger partial charge is 0.390 e. The van der Waals surface area contributed by atoms with Crippen LogP contribution in [0.1, 0.15) is 167 Å². The number of para-hydroxylation sites is 1. The molecular formula is C93H141F2N12O25P. The number of nitrogens with one attached hydrogen (secondary N) is 9. The maximum Gasteiger partial charge on any atom is 0.327 e. The molecule has 10 rings (SSSR count). The molecule has 2 aromatic carbocycles. The summed E-state index contributed by atoms with van der Waals surface area (Å²) in [5.74, 6) is -1.67. The van der Waals surface area contributed by atoms with Crippen LogP contribution in [-0.4, -0.2) is 292 Å². The first-order chi connectivity index (χ1) is 63.9. The van der Waals surface area contributed by atoms with Gasteiger partial charge in [0.2, 0.25) is 35.4 Å². The number of ketones is 3. The number of alkyl halides is 2. The highest BCUT2D eigenvalue weighted by atomic mass is 31.2. The van der Waals surface area contributed by atoms with Crippen molar-refractivity contribution in [2.24, 2.45) is 40.3 Å². The molecule has 0 aromatic heterocycles. The van der Waals surface area contributed by atoms with Gasteiger partial charge in [-0.25, -0.2) is 8.78 Å². The quantitative estimate of drug-likeness (QED) is 0.0180. The Kier molecular flexibility index (Phi) is 42.1. The third-order valence-corrected chi connectivity index (χ3v) is 27.0. The van der Waals surface area contributed by atoms with E-state index in [9.17, 15) is 48.0 Å². The molecule has 3 saturated carbocycles. The van der Waals surface area contributed by atoms with E-state index in [2.05, 4.69) is 48.3 Å². The van der Waals surface area contributed by atoms with Crippen LogP contribution in [-0.2, 0) is 111 Å². The zero-order chi connectivity index (χ0) is 95.7. The SMILES string of the molecule is CCCC1O[C@@H]2C[C@H]3[C@@H]4C[C@H](F)C5=CC(=O)C=C[C@]5(C)[C@@]4(F)[C@@H](O)C[C@]3(C)[C@]2(C(=O)CNC(=O)[C@H](C)CC(=O)[C@@H](NC(=O)[C@@H](CCCCNC(=O)COC2CCCCCC3=C2NNN3CCOCCOCCOCCOCCOCCP(=O)(O)O)NC(=O)CCOCCOCCOCCOCCNC(=O)CCC(=O)N2Cc3ccccc3/C(NC)=C(/NN)c3ccccc32)C(C)C)O1. The van der Waals surface area contributed by atoms with E-state index in [4.69, 9.17) is 72.5 Å². The Morgan fingerprint density at radius 2 is 1.34 bits per heavy atom.